The van der Waals surface area contributed by atoms with Crippen molar-refractivity contribution in [2.24, 2.45) is 5.73 Å². The second kappa shape index (κ2) is 6.96. The number of aromatic nitrogens is 2. The quantitative estimate of drug-likeness (QED) is 0.666. The van der Waals surface area contributed by atoms with Crippen molar-refractivity contribution < 1.29 is 18.0 Å². The van der Waals surface area contributed by atoms with Gasteiger partial charge in [0.25, 0.3) is 5.89 Å². The minimum atomic E-state index is -2.85. The van der Waals surface area contributed by atoms with E-state index in [-0.39, 0.29) is 5.75 Å². The fraction of sp³-hybridized carbons (Fsp3) is 0.263. The van der Waals surface area contributed by atoms with Gasteiger partial charge in [-0.2, -0.15) is 13.8 Å². The van der Waals surface area contributed by atoms with Crippen LogP contribution in [-0.4, -0.2) is 16.8 Å². The van der Waals surface area contributed by atoms with E-state index in [1.54, 1.807) is 12.1 Å². The Morgan fingerprint density at radius 2 is 1.85 bits per heavy atom. The van der Waals surface area contributed by atoms with E-state index in [1.165, 1.54) is 12.1 Å². The third-order valence-electron chi connectivity index (χ3n) is 4.63. The highest BCUT2D eigenvalue weighted by atomic mass is 19.3. The highest BCUT2D eigenvalue weighted by Gasteiger charge is 2.39. The zero-order valence-electron chi connectivity index (χ0n) is 14.4. The zero-order valence-corrected chi connectivity index (χ0v) is 14.4. The van der Waals surface area contributed by atoms with Crippen molar-refractivity contribution in [1.82, 2.24) is 10.1 Å². The maximum Gasteiger partial charge on any atom is 0.387 e. The van der Waals surface area contributed by atoms with Crippen LogP contribution in [0.1, 0.15) is 25.1 Å². The summed E-state index contributed by atoms with van der Waals surface area (Å²) in [5, 5.41) is 7.27. The molecule has 0 unspecified atom stereocenters. The zero-order chi connectivity index (χ0) is 18.9. The molecule has 2 aromatic carbocycles. The summed E-state index contributed by atoms with van der Waals surface area (Å²) < 4.78 is 34.3. The first-order valence-corrected chi connectivity index (χ1v) is 8.58. The molecule has 4 rings (SSSR count). The van der Waals surface area contributed by atoms with Crippen molar-refractivity contribution in [1.29, 1.82) is 0 Å². The predicted molar refractivity (Wildman–Crippen MR) is 95.8 cm³/mol. The molecule has 3 N–H and O–H groups in total. The number of halogens is 2. The topological polar surface area (TPSA) is 86.2 Å². The Morgan fingerprint density at radius 1 is 1.11 bits per heavy atom. The predicted octanol–water partition coefficient (Wildman–Crippen LogP) is 4.42. The Morgan fingerprint density at radius 3 is 2.52 bits per heavy atom. The van der Waals surface area contributed by atoms with Gasteiger partial charge < -0.3 is 20.3 Å². The lowest BCUT2D eigenvalue weighted by Gasteiger charge is -2.34. The van der Waals surface area contributed by atoms with E-state index in [0.717, 1.165) is 30.5 Å². The summed E-state index contributed by atoms with van der Waals surface area (Å²) >= 11 is 0. The van der Waals surface area contributed by atoms with Crippen LogP contribution in [0.15, 0.2) is 53.1 Å². The molecule has 0 atom stereocenters. The van der Waals surface area contributed by atoms with Crippen molar-refractivity contribution in [3.05, 3.63) is 54.4 Å². The summed E-state index contributed by atoms with van der Waals surface area (Å²) in [5.41, 5.74) is 7.95. The van der Waals surface area contributed by atoms with Gasteiger partial charge >= 0.3 is 6.61 Å². The van der Waals surface area contributed by atoms with Crippen LogP contribution in [-0.2, 0) is 5.54 Å². The maximum atomic E-state index is 12.3. The van der Waals surface area contributed by atoms with Crippen molar-refractivity contribution in [3.8, 4) is 17.2 Å². The average Bonchev–Trinajstić information content (AvgIpc) is 3.12. The van der Waals surface area contributed by atoms with E-state index < -0.39 is 12.2 Å². The smallest absolute Gasteiger partial charge is 0.387 e. The summed E-state index contributed by atoms with van der Waals surface area (Å²) in [6, 6.07) is 13.7. The fourth-order valence-corrected chi connectivity index (χ4v) is 2.97. The number of hydrogen-bond acceptors (Lipinski definition) is 6. The number of hydrogen-bond donors (Lipinski definition) is 2. The molecular weight excluding hydrogens is 354 g/mol. The summed E-state index contributed by atoms with van der Waals surface area (Å²) in [5.74, 6) is 0.994. The first kappa shape index (κ1) is 17.4. The number of ether oxygens (including phenoxy) is 1. The summed E-state index contributed by atoms with van der Waals surface area (Å²) in [6.45, 7) is -2.85. The molecule has 0 spiro atoms. The van der Waals surface area contributed by atoms with Crippen LogP contribution in [0.4, 0.5) is 20.2 Å². The van der Waals surface area contributed by atoms with E-state index in [4.69, 9.17) is 10.3 Å². The van der Waals surface area contributed by atoms with Gasteiger partial charge in [0.1, 0.15) is 5.75 Å². The Labute approximate surface area is 154 Å². The maximum absolute atomic E-state index is 12.3. The van der Waals surface area contributed by atoms with E-state index in [2.05, 4.69) is 20.2 Å². The third kappa shape index (κ3) is 3.61. The molecule has 3 aromatic rings. The standard InChI is InChI=1S/C19H18F2N4O2/c20-18(21)26-13-8-6-12(7-9-13)23-15-5-2-1-4-14(15)16-24-17(25-27-16)19(22)10-3-11-19/h1-2,4-9,18,23H,3,10-11,22H2. The van der Waals surface area contributed by atoms with Gasteiger partial charge in [-0.1, -0.05) is 17.3 Å². The lowest BCUT2D eigenvalue weighted by Crippen LogP contribution is -2.44. The van der Waals surface area contributed by atoms with Crippen LogP contribution in [0, 0.1) is 0 Å². The van der Waals surface area contributed by atoms with E-state index in [9.17, 15) is 8.78 Å². The lowest BCUT2D eigenvalue weighted by molar-refractivity contribution is -0.0498. The molecule has 1 aliphatic rings. The van der Waals surface area contributed by atoms with Gasteiger partial charge in [-0.05, 0) is 55.7 Å². The number of benzene rings is 2. The minimum Gasteiger partial charge on any atom is -0.435 e. The molecule has 0 aliphatic heterocycles. The number of nitrogens with one attached hydrogen (secondary N) is 1. The van der Waals surface area contributed by atoms with Crippen molar-refractivity contribution in [2.45, 2.75) is 31.4 Å². The second-order valence-electron chi connectivity index (χ2n) is 6.51. The van der Waals surface area contributed by atoms with Gasteiger partial charge in [0, 0.05) is 5.69 Å². The molecular formula is C19H18F2N4O2. The summed E-state index contributed by atoms with van der Waals surface area (Å²) in [7, 11) is 0. The number of para-hydroxylation sites is 1. The summed E-state index contributed by atoms with van der Waals surface area (Å²) in [6.07, 6.45) is 2.75. The minimum absolute atomic E-state index is 0.0964. The average molecular weight is 372 g/mol. The van der Waals surface area contributed by atoms with Gasteiger partial charge in [-0.25, -0.2) is 0 Å². The number of alkyl halides is 2. The van der Waals surface area contributed by atoms with E-state index >= 15 is 0 Å². The van der Waals surface area contributed by atoms with Crippen LogP contribution in [0.2, 0.25) is 0 Å². The molecule has 1 aliphatic carbocycles. The van der Waals surface area contributed by atoms with Crippen molar-refractivity contribution in [2.75, 3.05) is 5.32 Å². The Bertz CT molecular complexity index is 923. The number of nitrogens with zero attached hydrogens (tertiary/aromatic N) is 2. The number of anilines is 2. The highest BCUT2D eigenvalue weighted by Crippen LogP contribution is 2.38. The van der Waals surface area contributed by atoms with Crippen LogP contribution in [0.3, 0.4) is 0 Å². The first-order chi connectivity index (χ1) is 13.0. The molecule has 1 saturated carbocycles. The molecule has 0 radical (unpaired) electrons. The highest BCUT2D eigenvalue weighted by molar-refractivity contribution is 5.76. The lowest BCUT2D eigenvalue weighted by atomic mass is 9.77. The number of rotatable bonds is 6. The Kier molecular flexibility index (Phi) is 4.49. The van der Waals surface area contributed by atoms with E-state index in [1.807, 2.05) is 24.3 Å². The van der Waals surface area contributed by atoms with Gasteiger partial charge in [0.2, 0.25) is 0 Å². The van der Waals surface area contributed by atoms with E-state index in [0.29, 0.717) is 17.4 Å². The van der Waals surface area contributed by atoms with Crippen molar-refractivity contribution >= 4 is 11.4 Å². The van der Waals surface area contributed by atoms with Crippen molar-refractivity contribution in [3.63, 3.8) is 0 Å². The van der Waals surface area contributed by atoms with Crippen LogP contribution in [0.25, 0.3) is 11.5 Å². The summed E-state index contributed by atoms with van der Waals surface area (Å²) in [4.78, 5) is 4.48. The monoisotopic (exact) mass is 372 g/mol. The molecule has 0 bridgehead atoms. The molecule has 1 aromatic heterocycles. The Hall–Kier alpha value is -3.00. The molecule has 0 saturated heterocycles. The first-order valence-electron chi connectivity index (χ1n) is 8.58. The molecule has 140 valence electrons. The number of nitrogens with two attached hydrogens (primary N) is 1. The molecule has 27 heavy (non-hydrogen) atoms. The van der Waals surface area contributed by atoms with Gasteiger partial charge in [0.05, 0.1) is 16.8 Å². The second-order valence-corrected chi connectivity index (χ2v) is 6.51. The van der Waals surface area contributed by atoms with Crippen LogP contribution < -0.4 is 15.8 Å². The van der Waals surface area contributed by atoms with Crippen LogP contribution in [0.5, 0.6) is 5.75 Å². The molecule has 1 fully saturated rings. The normalized spacial score (nSPS) is 15.4. The van der Waals surface area contributed by atoms with Crippen LogP contribution >= 0.6 is 0 Å². The molecule has 1 heterocycles. The molecule has 8 heteroatoms. The van der Waals surface area contributed by atoms with Gasteiger partial charge in [-0.3, -0.25) is 0 Å². The Balaban J connectivity index is 1.56. The SMILES string of the molecule is NC1(c2noc(-c3ccccc3Nc3ccc(OC(F)F)cc3)n2)CCC1. The third-order valence-corrected chi connectivity index (χ3v) is 4.63. The van der Waals surface area contributed by atoms with Gasteiger partial charge in [0.15, 0.2) is 5.82 Å². The molecule has 6 nitrogen and oxygen atoms in total. The molecule has 0 amide bonds. The fourth-order valence-electron chi connectivity index (χ4n) is 2.97. The van der Waals surface area contributed by atoms with Gasteiger partial charge in [-0.15, -0.1) is 0 Å². The largest absolute Gasteiger partial charge is 0.435 e.